The fourth-order valence-electron chi connectivity index (χ4n) is 2.62. The number of carbonyl (C=O) groups excluding carboxylic acids is 1. The minimum absolute atomic E-state index is 0.0202. The van der Waals surface area contributed by atoms with Crippen LogP contribution in [-0.2, 0) is 9.53 Å². The van der Waals surface area contributed by atoms with Crippen LogP contribution in [0, 0.1) is 0 Å². The average molecular weight is 197 g/mol. The van der Waals surface area contributed by atoms with E-state index in [-0.39, 0.29) is 6.04 Å². The standard InChI is InChI=1S/C11H19NO2/c13-8-11-9-14-7-6-12(11)10-4-2-1-3-5-10/h8,10-11H,1-7,9H2. The molecule has 1 aliphatic heterocycles. The molecule has 14 heavy (non-hydrogen) atoms. The van der Waals surface area contributed by atoms with Gasteiger partial charge in [0.25, 0.3) is 0 Å². The van der Waals surface area contributed by atoms with Crippen LogP contribution in [0.1, 0.15) is 32.1 Å². The molecule has 1 saturated carbocycles. The number of hydrogen-bond donors (Lipinski definition) is 0. The summed E-state index contributed by atoms with van der Waals surface area (Å²) in [7, 11) is 0. The highest BCUT2D eigenvalue weighted by molar-refractivity contribution is 5.58. The van der Waals surface area contributed by atoms with Crippen molar-refractivity contribution in [2.45, 2.75) is 44.2 Å². The summed E-state index contributed by atoms with van der Waals surface area (Å²) in [6.07, 6.45) is 7.61. The SMILES string of the molecule is O=CC1COCCN1C1CCCCC1. The first-order valence-corrected chi connectivity index (χ1v) is 5.70. The zero-order chi connectivity index (χ0) is 9.80. The van der Waals surface area contributed by atoms with E-state index in [0.717, 1.165) is 19.4 Å². The van der Waals surface area contributed by atoms with Crippen molar-refractivity contribution >= 4 is 6.29 Å². The van der Waals surface area contributed by atoms with E-state index in [9.17, 15) is 4.79 Å². The van der Waals surface area contributed by atoms with Gasteiger partial charge < -0.3 is 9.53 Å². The highest BCUT2D eigenvalue weighted by atomic mass is 16.5. The molecule has 2 rings (SSSR count). The molecule has 0 aromatic carbocycles. The molecule has 3 nitrogen and oxygen atoms in total. The van der Waals surface area contributed by atoms with Crippen molar-refractivity contribution in [1.82, 2.24) is 4.90 Å². The van der Waals surface area contributed by atoms with Gasteiger partial charge in [-0.2, -0.15) is 0 Å². The summed E-state index contributed by atoms with van der Waals surface area (Å²) in [6, 6.07) is 0.662. The van der Waals surface area contributed by atoms with Crippen molar-refractivity contribution in [1.29, 1.82) is 0 Å². The average Bonchev–Trinajstić information content (AvgIpc) is 2.30. The molecular formula is C11H19NO2. The maximum atomic E-state index is 10.9. The predicted octanol–water partition coefficient (Wildman–Crippen LogP) is 1.22. The lowest BCUT2D eigenvalue weighted by atomic mass is 9.93. The molecule has 0 amide bonds. The second-order valence-corrected chi connectivity index (χ2v) is 4.31. The number of ether oxygens (including phenoxy) is 1. The van der Waals surface area contributed by atoms with E-state index in [0.29, 0.717) is 12.6 Å². The molecule has 0 radical (unpaired) electrons. The topological polar surface area (TPSA) is 29.5 Å². The van der Waals surface area contributed by atoms with Crippen molar-refractivity contribution in [3.8, 4) is 0 Å². The van der Waals surface area contributed by atoms with Crippen molar-refractivity contribution in [3.63, 3.8) is 0 Å². The molecule has 0 aromatic rings. The van der Waals surface area contributed by atoms with Crippen LogP contribution in [0.5, 0.6) is 0 Å². The van der Waals surface area contributed by atoms with Crippen molar-refractivity contribution in [2.24, 2.45) is 0 Å². The van der Waals surface area contributed by atoms with Gasteiger partial charge in [-0.3, -0.25) is 4.90 Å². The van der Waals surface area contributed by atoms with Crippen LogP contribution < -0.4 is 0 Å². The van der Waals surface area contributed by atoms with Gasteiger partial charge in [-0.05, 0) is 12.8 Å². The lowest BCUT2D eigenvalue weighted by Gasteiger charge is -2.40. The highest BCUT2D eigenvalue weighted by Gasteiger charge is 2.29. The Hall–Kier alpha value is -0.410. The molecular weight excluding hydrogens is 178 g/mol. The molecule has 0 N–H and O–H groups in total. The molecule has 0 aromatic heterocycles. The monoisotopic (exact) mass is 197 g/mol. The van der Waals surface area contributed by atoms with Crippen molar-refractivity contribution in [3.05, 3.63) is 0 Å². The highest BCUT2D eigenvalue weighted by Crippen LogP contribution is 2.24. The van der Waals surface area contributed by atoms with E-state index in [1.54, 1.807) is 0 Å². The summed E-state index contributed by atoms with van der Waals surface area (Å²) in [6.45, 7) is 2.33. The second-order valence-electron chi connectivity index (χ2n) is 4.31. The van der Waals surface area contributed by atoms with Crippen LogP contribution in [0.3, 0.4) is 0 Å². The van der Waals surface area contributed by atoms with Crippen LogP contribution in [-0.4, -0.2) is 43.0 Å². The molecule has 80 valence electrons. The Morgan fingerprint density at radius 1 is 1.21 bits per heavy atom. The molecule has 3 heteroatoms. The Morgan fingerprint density at radius 3 is 2.71 bits per heavy atom. The molecule has 1 saturated heterocycles. The molecule has 2 fully saturated rings. The lowest BCUT2D eigenvalue weighted by Crippen LogP contribution is -2.52. The van der Waals surface area contributed by atoms with Gasteiger partial charge in [0.2, 0.25) is 0 Å². The third-order valence-corrected chi connectivity index (χ3v) is 3.41. The minimum Gasteiger partial charge on any atom is -0.378 e. The Kier molecular flexibility index (Phi) is 3.54. The fourth-order valence-corrected chi connectivity index (χ4v) is 2.62. The summed E-state index contributed by atoms with van der Waals surface area (Å²) in [5.41, 5.74) is 0. The Labute approximate surface area is 85.4 Å². The van der Waals surface area contributed by atoms with Crippen LogP contribution in [0.4, 0.5) is 0 Å². The Balaban J connectivity index is 1.94. The summed E-state index contributed by atoms with van der Waals surface area (Å²) >= 11 is 0. The number of morpholine rings is 1. The van der Waals surface area contributed by atoms with Crippen LogP contribution in [0.25, 0.3) is 0 Å². The van der Waals surface area contributed by atoms with Crippen molar-refractivity contribution < 1.29 is 9.53 Å². The number of aldehydes is 1. The quantitative estimate of drug-likeness (QED) is 0.623. The zero-order valence-electron chi connectivity index (χ0n) is 8.65. The van der Waals surface area contributed by atoms with Gasteiger partial charge in [-0.1, -0.05) is 19.3 Å². The first kappa shape index (κ1) is 10.1. The number of nitrogens with zero attached hydrogens (tertiary/aromatic N) is 1. The van der Waals surface area contributed by atoms with Gasteiger partial charge in [0, 0.05) is 12.6 Å². The van der Waals surface area contributed by atoms with E-state index in [4.69, 9.17) is 4.74 Å². The number of hydrogen-bond acceptors (Lipinski definition) is 3. The first-order chi connectivity index (χ1) is 6.92. The maximum absolute atomic E-state index is 10.9. The smallest absolute Gasteiger partial charge is 0.139 e. The van der Waals surface area contributed by atoms with Gasteiger partial charge in [0.15, 0.2) is 0 Å². The van der Waals surface area contributed by atoms with E-state index >= 15 is 0 Å². The maximum Gasteiger partial charge on any atom is 0.139 e. The molecule has 1 aliphatic carbocycles. The Bertz CT molecular complexity index is 190. The van der Waals surface area contributed by atoms with E-state index in [2.05, 4.69) is 4.90 Å². The molecule has 1 heterocycles. The normalized spacial score (nSPS) is 31.6. The summed E-state index contributed by atoms with van der Waals surface area (Å²) < 4.78 is 5.32. The minimum atomic E-state index is 0.0202. The first-order valence-electron chi connectivity index (χ1n) is 5.70. The third-order valence-electron chi connectivity index (χ3n) is 3.41. The molecule has 0 spiro atoms. The van der Waals surface area contributed by atoms with E-state index in [1.807, 2.05) is 0 Å². The largest absolute Gasteiger partial charge is 0.378 e. The van der Waals surface area contributed by atoms with E-state index < -0.39 is 0 Å². The van der Waals surface area contributed by atoms with Gasteiger partial charge in [-0.25, -0.2) is 0 Å². The van der Waals surface area contributed by atoms with Gasteiger partial charge in [0.05, 0.1) is 19.3 Å². The lowest BCUT2D eigenvalue weighted by molar-refractivity contribution is -0.120. The molecule has 0 bridgehead atoms. The second kappa shape index (κ2) is 4.89. The summed E-state index contributed by atoms with van der Waals surface area (Å²) in [5, 5.41) is 0. The molecule has 1 unspecified atom stereocenters. The molecule has 2 aliphatic rings. The third kappa shape index (κ3) is 2.15. The van der Waals surface area contributed by atoms with Gasteiger partial charge in [0.1, 0.15) is 6.29 Å². The number of carbonyl (C=O) groups is 1. The predicted molar refractivity (Wildman–Crippen MR) is 54.3 cm³/mol. The van der Waals surface area contributed by atoms with Gasteiger partial charge in [-0.15, -0.1) is 0 Å². The van der Waals surface area contributed by atoms with Crippen molar-refractivity contribution in [2.75, 3.05) is 19.8 Å². The summed E-state index contributed by atoms with van der Waals surface area (Å²) in [4.78, 5) is 13.2. The van der Waals surface area contributed by atoms with E-state index in [1.165, 1.54) is 32.1 Å². The number of rotatable bonds is 2. The molecule has 1 atom stereocenters. The Morgan fingerprint density at radius 2 is 2.00 bits per heavy atom. The van der Waals surface area contributed by atoms with Crippen LogP contribution >= 0.6 is 0 Å². The van der Waals surface area contributed by atoms with Crippen LogP contribution in [0.15, 0.2) is 0 Å². The van der Waals surface area contributed by atoms with Gasteiger partial charge >= 0.3 is 0 Å². The van der Waals surface area contributed by atoms with Crippen LogP contribution in [0.2, 0.25) is 0 Å². The summed E-state index contributed by atoms with van der Waals surface area (Å²) in [5.74, 6) is 0. The zero-order valence-corrected chi connectivity index (χ0v) is 8.65. The fraction of sp³-hybridized carbons (Fsp3) is 0.909.